The summed E-state index contributed by atoms with van der Waals surface area (Å²) < 4.78 is 50.6. The van der Waals surface area contributed by atoms with Gasteiger partial charge in [-0.05, 0) is 45.0 Å². The minimum absolute atomic E-state index is 0.0334. The molecule has 0 saturated carbocycles. The first-order valence-corrected chi connectivity index (χ1v) is 13.3. The smallest absolute Gasteiger partial charge is 0.261 e. The molecule has 3 aromatic heterocycles. The molecule has 1 amide bonds. The van der Waals surface area contributed by atoms with E-state index < -0.39 is 28.8 Å². The predicted molar refractivity (Wildman–Crippen MR) is 155 cm³/mol. The summed E-state index contributed by atoms with van der Waals surface area (Å²) in [6, 6.07) is 7.53. The maximum absolute atomic E-state index is 15.2. The Labute approximate surface area is 243 Å². The minimum atomic E-state index is -0.949. The lowest BCUT2D eigenvalue weighted by Gasteiger charge is -2.16. The van der Waals surface area contributed by atoms with Crippen LogP contribution in [-0.4, -0.2) is 43.4 Å². The highest BCUT2D eigenvalue weighted by Crippen LogP contribution is 2.34. The van der Waals surface area contributed by atoms with Crippen molar-refractivity contribution in [2.75, 3.05) is 17.2 Å². The summed E-state index contributed by atoms with van der Waals surface area (Å²) >= 11 is 0. The standard InChI is InChI=1S/C30H27F3N6O4/c1-15(2)39-12-20(19-6-4-17(31)10-22(19)32)27(41)21(13-39)30(42)36-18-5-7-24(23(33)11-18)43-25-8-9-34-28-26(25)29(38-37-28)35-16(3)14-40/h4-13,15-16,40H,14H2,1-3H3,(H,36,42)(H2,34,35,37,38)/t16-/m1/s1. The molecule has 0 saturated heterocycles. The number of aliphatic hydroxyl groups excluding tert-OH is 1. The Balaban J connectivity index is 1.43. The number of carbonyl (C=O) groups excluding carboxylic acids is 1. The van der Waals surface area contributed by atoms with Gasteiger partial charge >= 0.3 is 0 Å². The van der Waals surface area contributed by atoms with Gasteiger partial charge in [-0.2, -0.15) is 5.10 Å². The summed E-state index contributed by atoms with van der Waals surface area (Å²) in [5, 5.41) is 22.2. The first kappa shape index (κ1) is 29.3. The molecule has 0 spiro atoms. The fourth-order valence-electron chi connectivity index (χ4n) is 4.33. The number of aliphatic hydroxyl groups is 1. The average molecular weight is 593 g/mol. The van der Waals surface area contributed by atoms with Crippen molar-refractivity contribution in [1.82, 2.24) is 19.7 Å². The van der Waals surface area contributed by atoms with Gasteiger partial charge in [0.05, 0.1) is 6.61 Å². The van der Waals surface area contributed by atoms with Gasteiger partial charge in [-0.15, -0.1) is 0 Å². The number of anilines is 2. The zero-order valence-electron chi connectivity index (χ0n) is 23.3. The number of nitrogens with one attached hydrogen (secondary N) is 3. The number of aromatic amines is 1. The number of benzene rings is 2. The molecule has 1 atom stereocenters. The van der Waals surface area contributed by atoms with Crippen LogP contribution >= 0.6 is 0 Å². The van der Waals surface area contributed by atoms with Gasteiger partial charge in [0.2, 0.25) is 5.43 Å². The van der Waals surface area contributed by atoms with Gasteiger partial charge in [0, 0.05) is 65.7 Å². The molecule has 0 aliphatic heterocycles. The molecule has 43 heavy (non-hydrogen) atoms. The Kier molecular flexibility index (Phi) is 8.17. The molecule has 5 aromatic rings. The Morgan fingerprint density at radius 3 is 2.51 bits per heavy atom. The van der Waals surface area contributed by atoms with Crippen LogP contribution in [0.2, 0.25) is 0 Å². The van der Waals surface area contributed by atoms with Crippen molar-refractivity contribution < 1.29 is 27.8 Å². The van der Waals surface area contributed by atoms with Crippen molar-refractivity contribution in [3.63, 3.8) is 0 Å². The third-order valence-corrected chi connectivity index (χ3v) is 6.60. The Hall–Kier alpha value is -5.17. The second kappa shape index (κ2) is 12.0. The molecule has 0 aliphatic rings. The van der Waals surface area contributed by atoms with E-state index in [0.717, 1.165) is 18.2 Å². The highest BCUT2D eigenvalue weighted by Gasteiger charge is 2.21. The number of amides is 1. The van der Waals surface area contributed by atoms with E-state index in [1.165, 1.54) is 36.8 Å². The molecular formula is C30H27F3N6O4. The quantitative estimate of drug-likeness (QED) is 0.175. The molecule has 0 aliphatic carbocycles. The Morgan fingerprint density at radius 2 is 1.81 bits per heavy atom. The SMILES string of the molecule is CC(C)n1cc(C(=O)Nc2ccc(Oc3ccnc4[nH]nc(N[C@H](C)CO)c34)c(F)c2)c(=O)c(-c2ccc(F)cc2F)c1. The second-order valence-corrected chi connectivity index (χ2v) is 10.1. The number of ether oxygens (including phenoxy) is 1. The van der Waals surface area contributed by atoms with Crippen LogP contribution in [0.5, 0.6) is 11.5 Å². The van der Waals surface area contributed by atoms with Crippen LogP contribution in [0, 0.1) is 17.5 Å². The third-order valence-electron chi connectivity index (χ3n) is 6.60. The predicted octanol–water partition coefficient (Wildman–Crippen LogP) is 5.62. The fraction of sp³-hybridized carbons (Fsp3) is 0.200. The summed E-state index contributed by atoms with van der Waals surface area (Å²) in [4.78, 5) is 30.7. The lowest BCUT2D eigenvalue weighted by atomic mass is 10.0. The average Bonchev–Trinajstić information content (AvgIpc) is 3.38. The van der Waals surface area contributed by atoms with E-state index in [9.17, 15) is 23.5 Å². The summed E-state index contributed by atoms with van der Waals surface area (Å²) in [5.41, 5.74) is -0.960. The number of nitrogens with zero attached hydrogens (tertiary/aromatic N) is 3. The van der Waals surface area contributed by atoms with Gasteiger partial charge in [-0.3, -0.25) is 14.7 Å². The number of carbonyl (C=O) groups is 1. The summed E-state index contributed by atoms with van der Waals surface area (Å²) in [6.45, 7) is 5.21. The number of pyridine rings is 2. The van der Waals surface area contributed by atoms with E-state index in [2.05, 4.69) is 25.8 Å². The molecule has 10 nitrogen and oxygen atoms in total. The Bertz CT molecular complexity index is 1890. The Morgan fingerprint density at radius 1 is 1.02 bits per heavy atom. The first-order valence-electron chi connectivity index (χ1n) is 13.3. The van der Waals surface area contributed by atoms with E-state index in [0.29, 0.717) is 22.9 Å². The van der Waals surface area contributed by atoms with Crippen LogP contribution < -0.4 is 20.8 Å². The number of fused-ring (bicyclic) bond motifs is 1. The molecule has 0 radical (unpaired) electrons. The zero-order chi connectivity index (χ0) is 30.8. The molecule has 13 heteroatoms. The van der Waals surface area contributed by atoms with E-state index in [1.807, 2.05) is 0 Å². The van der Waals surface area contributed by atoms with Crippen molar-refractivity contribution in [2.45, 2.75) is 32.9 Å². The van der Waals surface area contributed by atoms with Gasteiger partial charge in [0.1, 0.15) is 28.3 Å². The molecule has 0 unspecified atom stereocenters. The summed E-state index contributed by atoms with van der Waals surface area (Å²) in [5.74, 6) is -2.98. The molecule has 0 fully saturated rings. The van der Waals surface area contributed by atoms with Gasteiger partial charge < -0.3 is 25.0 Å². The van der Waals surface area contributed by atoms with Crippen molar-refractivity contribution in [1.29, 1.82) is 0 Å². The van der Waals surface area contributed by atoms with Crippen LogP contribution in [0.15, 0.2) is 65.8 Å². The molecule has 3 heterocycles. The fourth-order valence-corrected chi connectivity index (χ4v) is 4.33. The zero-order valence-corrected chi connectivity index (χ0v) is 23.3. The molecule has 2 aromatic carbocycles. The molecule has 222 valence electrons. The van der Waals surface area contributed by atoms with Crippen molar-refractivity contribution >= 4 is 28.4 Å². The first-order chi connectivity index (χ1) is 20.5. The van der Waals surface area contributed by atoms with Crippen molar-refractivity contribution in [3.8, 4) is 22.6 Å². The molecule has 4 N–H and O–H groups in total. The highest BCUT2D eigenvalue weighted by atomic mass is 19.1. The number of hydrogen-bond donors (Lipinski definition) is 4. The second-order valence-electron chi connectivity index (χ2n) is 10.1. The normalized spacial score (nSPS) is 12.0. The van der Waals surface area contributed by atoms with Gasteiger partial charge in [-0.25, -0.2) is 18.2 Å². The molecular weight excluding hydrogens is 565 g/mol. The van der Waals surface area contributed by atoms with Crippen LogP contribution in [0.3, 0.4) is 0 Å². The minimum Gasteiger partial charge on any atom is -0.453 e. The van der Waals surface area contributed by atoms with Crippen LogP contribution in [0.1, 0.15) is 37.2 Å². The van der Waals surface area contributed by atoms with Crippen LogP contribution in [0.25, 0.3) is 22.2 Å². The van der Waals surface area contributed by atoms with Crippen molar-refractivity contribution in [2.24, 2.45) is 0 Å². The lowest BCUT2D eigenvalue weighted by molar-refractivity contribution is 0.102. The molecule has 0 bridgehead atoms. The topological polar surface area (TPSA) is 134 Å². The molecule has 5 rings (SSSR count). The number of rotatable bonds is 9. The summed E-state index contributed by atoms with van der Waals surface area (Å²) in [7, 11) is 0. The van der Waals surface area contributed by atoms with Crippen LogP contribution in [0.4, 0.5) is 24.7 Å². The number of aromatic nitrogens is 4. The number of H-pyrrole nitrogens is 1. The number of hydrogen-bond acceptors (Lipinski definition) is 7. The van der Waals surface area contributed by atoms with Gasteiger partial charge in [-0.1, -0.05) is 0 Å². The monoisotopic (exact) mass is 592 g/mol. The van der Waals surface area contributed by atoms with E-state index >= 15 is 4.39 Å². The van der Waals surface area contributed by atoms with E-state index in [-0.39, 0.29) is 52.6 Å². The maximum Gasteiger partial charge on any atom is 0.261 e. The van der Waals surface area contributed by atoms with Crippen LogP contribution in [-0.2, 0) is 0 Å². The van der Waals surface area contributed by atoms with Crippen molar-refractivity contribution in [3.05, 3.63) is 94.3 Å². The van der Waals surface area contributed by atoms with Gasteiger partial charge in [0.15, 0.2) is 23.0 Å². The maximum atomic E-state index is 15.2. The lowest BCUT2D eigenvalue weighted by Crippen LogP contribution is -2.25. The largest absolute Gasteiger partial charge is 0.453 e. The van der Waals surface area contributed by atoms with E-state index in [4.69, 9.17) is 4.74 Å². The number of halogens is 3. The third kappa shape index (κ3) is 6.06. The van der Waals surface area contributed by atoms with E-state index in [1.54, 1.807) is 25.3 Å². The summed E-state index contributed by atoms with van der Waals surface area (Å²) in [6.07, 6.45) is 4.18. The highest BCUT2D eigenvalue weighted by molar-refractivity contribution is 6.04. The van der Waals surface area contributed by atoms with Gasteiger partial charge in [0.25, 0.3) is 5.91 Å².